The van der Waals surface area contributed by atoms with Gasteiger partial charge in [-0.2, -0.15) is 0 Å². The number of carboxylic acid groups (broad SMARTS) is 1. The number of aliphatic carboxylic acids is 1. The molecule has 0 saturated heterocycles. The van der Waals surface area contributed by atoms with Crippen molar-refractivity contribution in [2.45, 2.75) is 20.3 Å². The van der Waals surface area contributed by atoms with Gasteiger partial charge < -0.3 is 29.4 Å². The van der Waals surface area contributed by atoms with E-state index in [4.69, 9.17) is 14.2 Å². The summed E-state index contributed by atoms with van der Waals surface area (Å²) in [6, 6.07) is 14.0. The number of ketones is 1. The smallest absolute Gasteiger partial charge is 0.235 e. The SMILES string of the molecule is CCCOc1c(/C=C2\OC(Nc3ccccc3)=C(C(=O)[O-])C2=O)cccc1OCC. The number of anilines is 1. The van der Waals surface area contributed by atoms with Crippen molar-refractivity contribution in [2.24, 2.45) is 0 Å². The molecule has 2 aromatic carbocycles. The van der Waals surface area contributed by atoms with Crippen molar-refractivity contribution in [1.82, 2.24) is 0 Å². The largest absolute Gasteiger partial charge is 0.544 e. The number of allylic oxidation sites excluding steroid dienone is 1. The first-order chi connectivity index (χ1) is 14.5. The monoisotopic (exact) mass is 408 g/mol. The number of benzene rings is 2. The van der Waals surface area contributed by atoms with Crippen LogP contribution in [0.4, 0.5) is 5.69 Å². The van der Waals surface area contributed by atoms with E-state index >= 15 is 0 Å². The lowest BCUT2D eigenvalue weighted by Gasteiger charge is -2.14. The molecule has 0 amide bonds. The van der Waals surface area contributed by atoms with Crippen LogP contribution in [0.2, 0.25) is 0 Å². The third-order valence-corrected chi connectivity index (χ3v) is 4.17. The molecule has 0 aromatic heterocycles. The number of carbonyl (C=O) groups is 2. The highest BCUT2D eigenvalue weighted by atomic mass is 16.5. The molecule has 0 aliphatic carbocycles. The molecule has 7 heteroatoms. The number of para-hydroxylation sites is 2. The van der Waals surface area contributed by atoms with Crippen molar-refractivity contribution in [3.8, 4) is 11.5 Å². The molecule has 7 nitrogen and oxygen atoms in total. The van der Waals surface area contributed by atoms with Gasteiger partial charge in [-0.3, -0.25) is 4.79 Å². The fourth-order valence-electron chi connectivity index (χ4n) is 2.87. The molecule has 0 unspecified atom stereocenters. The van der Waals surface area contributed by atoms with Crippen molar-refractivity contribution in [2.75, 3.05) is 18.5 Å². The lowest BCUT2D eigenvalue weighted by Crippen LogP contribution is -2.28. The summed E-state index contributed by atoms with van der Waals surface area (Å²) in [4.78, 5) is 24.3. The molecule has 1 aliphatic heterocycles. The van der Waals surface area contributed by atoms with E-state index in [9.17, 15) is 14.7 Å². The Kier molecular flexibility index (Phi) is 6.75. The second-order valence-electron chi connectivity index (χ2n) is 6.38. The van der Waals surface area contributed by atoms with Crippen LogP contribution < -0.4 is 19.9 Å². The van der Waals surface area contributed by atoms with Crippen LogP contribution in [0.3, 0.4) is 0 Å². The van der Waals surface area contributed by atoms with Crippen LogP contribution in [-0.4, -0.2) is 25.0 Å². The van der Waals surface area contributed by atoms with Crippen LogP contribution in [0.25, 0.3) is 6.08 Å². The summed E-state index contributed by atoms with van der Waals surface area (Å²) >= 11 is 0. The third-order valence-electron chi connectivity index (χ3n) is 4.17. The number of hydrogen-bond acceptors (Lipinski definition) is 7. The van der Waals surface area contributed by atoms with Crippen LogP contribution in [0.5, 0.6) is 11.5 Å². The average molecular weight is 408 g/mol. The molecule has 30 heavy (non-hydrogen) atoms. The van der Waals surface area contributed by atoms with Crippen molar-refractivity contribution < 1.29 is 28.9 Å². The molecule has 1 heterocycles. The van der Waals surface area contributed by atoms with Gasteiger partial charge in [0.2, 0.25) is 11.7 Å². The molecule has 1 aliphatic rings. The molecule has 2 aromatic rings. The Morgan fingerprint density at radius 2 is 1.87 bits per heavy atom. The lowest BCUT2D eigenvalue weighted by atomic mass is 10.1. The zero-order valence-electron chi connectivity index (χ0n) is 16.8. The van der Waals surface area contributed by atoms with Gasteiger partial charge in [-0.1, -0.05) is 37.3 Å². The van der Waals surface area contributed by atoms with E-state index in [0.29, 0.717) is 36.0 Å². The van der Waals surface area contributed by atoms with Gasteiger partial charge in [0.05, 0.1) is 19.2 Å². The van der Waals surface area contributed by atoms with E-state index in [1.807, 2.05) is 19.9 Å². The quantitative estimate of drug-likeness (QED) is 0.503. The Hall–Kier alpha value is -3.74. The molecule has 0 atom stereocenters. The Labute approximate surface area is 174 Å². The summed E-state index contributed by atoms with van der Waals surface area (Å²) in [5.41, 5.74) is 0.545. The van der Waals surface area contributed by atoms with E-state index in [0.717, 1.165) is 6.42 Å². The van der Waals surface area contributed by atoms with Crippen LogP contribution >= 0.6 is 0 Å². The Morgan fingerprint density at radius 3 is 2.53 bits per heavy atom. The van der Waals surface area contributed by atoms with Crippen LogP contribution in [0, 0.1) is 0 Å². The minimum absolute atomic E-state index is 0.150. The first kappa shape index (κ1) is 21.0. The van der Waals surface area contributed by atoms with Gasteiger partial charge in [-0.25, -0.2) is 0 Å². The first-order valence-corrected chi connectivity index (χ1v) is 9.65. The first-order valence-electron chi connectivity index (χ1n) is 9.65. The van der Waals surface area contributed by atoms with Gasteiger partial charge >= 0.3 is 0 Å². The Balaban J connectivity index is 1.96. The van der Waals surface area contributed by atoms with E-state index in [1.54, 1.807) is 42.5 Å². The number of carbonyl (C=O) groups excluding carboxylic acids is 2. The normalized spacial score (nSPS) is 14.6. The standard InChI is InChI=1S/C23H23NO6/c1-3-13-29-21-15(9-8-12-17(21)28-4-2)14-18-20(25)19(23(26)27)22(30-18)24-16-10-6-5-7-11-16/h5-12,14,24H,3-4,13H2,1-2H3,(H,26,27)/p-1/b18-14-. The van der Waals surface area contributed by atoms with E-state index < -0.39 is 17.3 Å². The average Bonchev–Trinajstić information content (AvgIpc) is 3.03. The van der Waals surface area contributed by atoms with Gasteiger partial charge in [0.25, 0.3) is 0 Å². The predicted octanol–water partition coefficient (Wildman–Crippen LogP) is 2.89. The van der Waals surface area contributed by atoms with E-state index in [2.05, 4.69) is 5.32 Å². The Bertz CT molecular complexity index is 994. The molecule has 1 N–H and O–H groups in total. The predicted molar refractivity (Wildman–Crippen MR) is 110 cm³/mol. The molecular formula is C23H22NO6-. The number of Topliss-reactive ketones (excluding diaryl/α,β-unsaturated/α-hetero) is 1. The summed E-state index contributed by atoms with van der Waals surface area (Å²) in [6.45, 7) is 4.73. The zero-order valence-corrected chi connectivity index (χ0v) is 16.8. The summed E-state index contributed by atoms with van der Waals surface area (Å²) in [5, 5.41) is 14.4. The molecule has 3 rings (SSSR count). The highest BCUT2D eigenvalue weighted by Gasteiger charge is 2.32. The molecule has 0 spiro atoms. The maximum atomic E-state index is 12.7. The summed E-state index contributed by atoms with van der Waals surface area (Å²) in [7, 11) is 0. The van der Waals surface area contributed by atoms with Gasteiger partial charge in [-0.15, -0.1) is 0 Å². The molecule has 156 valence electrons. The highest BCUT2D eigenvalue weighted by molar-refractivity contribution is 6.25. The number of nitrogens with one attached hydrogen (secondary N) is 1. The molecule has 0 radical (unpaired) electrons. The Morgan fingerprint density at radius 1 is 1.10 bits per heavy atom. The maximum absolute atomic E-state index is 12.7. The van der Waals surface area contributed by atoms with Crippen LogP contribution in [-0.2, 0) is 14.3 Å². The minimum Gasteiger partial charge on any atom is -0.544 e. The second kappa shape index (κ2) is 9.65. The van der Waals surface area contributed by atoms with Crippen molar-refractivity contribution in [1.29, 1.82) is 0 Å². The second-order valence-corrected chi connectivity index (χ2v) is 6.38. The van der Waals surface area contributed by atoms with Crippen molar-refractivity contribution in [3.05, 3.63) is 71.3 Å². The fraction of sp³-hybridized carbons (Fsp3) is 0.217. The van der Waals surface area contributed by atoms with Gasteiger partial charge in [0.15, 0.2) is 17.3 Å². The van der Waals surface area contributed by atoms with E-state index in [-0.39, 0.29) is 11.6 Å². The summed E-state index contributed by atoms with van der Waals surface area (Å²) in [6.07, 6.45) is 2.23. The topological polar surface area (TPSA) is 96.9 Å². The van der Waals surface area contributed by atoms with Gasteiger partial charge in [0.1, 0.15) is 5.57 Å². The molecular weight excluding hydrogens is 386 g/mol. The zero-order chi connectivity index (χ0) is 21.5. The summed E-state index contributed by atoms with van der Waals surface area (Å²) in [5.74, 6) is -1.74. The van der Waals surface area contributed by atoms with Gasteiger partial charge in [0, 0.05) is 11.3 Å². The fourth-order valence-corrected chi connectivity index (χ4v) is 2.87. The number of carboxylic acids is 1. The van der Waals surface area contributed by atoms with Crippen LogP contribution in [0.1, 0.15) is 25.8 Å². The van der Waals surface area contributed by atoms with Crippen LogP contribution in [0.15, 0.2) is 65.7 Å². The number of hydrogen-bond donors (Lipinski definition) is 1. The lowest BCUT2D eigenvalue weighted by molar-refractivity contribution is -0.298. The summed E-state index contributed by atoms with van der Waals surface area (Å²) < 4.78 is 17.0. The third kappa shape index (κ3) is 4.63. The van der Waals surface area contributed by atoms with Gasteiger partial charge in [-0.05, 0) is 37.6 Å². The minimum atomic E-state index is -1.62. The number of rotatable bonds is 9. The maximum Gasteiger partial charge on any atom is 0.235 e. The van der Waals surface area contributed by atoms with E-state index in [1.165, 1.54) is 6.08 Å². The van der Waals surface area contributed by atoms with Crippen molar-refractivity contribution >= 4 is 23.5 Å². The molecule has 0 fully saturated rings. The highest BCUT2D eigenvalue weighted by Crippen LogP contribution is 2.35. The number of ether oxygens (including phenoxy) is 3. The molecule has 0 bridgehead atoms. The van der Waals surface area contributed by atoms with Crippen molar-refractivity contribution in [3.63, 3.8) is 0 Å². The molecule has 0 saturated carbocycles.